The van der Waals surface area contributed by atoms with Gasteiger partial charge in [0.05, 0.1) is 6.07 Å². The zero-order chi connectivity index (χ0) is 14.6. The van der Waals surface area contributed by atoms with Crippen molar-refractivity contribution in [1.82, 2.24) is 0 Å². The number of nitriles is 1. The minimum absolute atomic E-state index is 0.0518. The van der Waals surface area contributed by atoms with Crippen LogP contribution < -0.4 is 5.73 Å². The van der Waals surface area contributed by atoms with Crippen LogP contribution in [0.1, 0.15) is 46.5 Å². The molecule has 0 spiro atoms. The fourth-order valence-electron chi connectivity index (χ4n) is 1.91. The Labute approximate surface area is 118 Å². The molecule has 0 radical (unpaired) electrons. The van der Waals surface area contributed by atoms with Crippen LogP contribution in [0.4, 0.5) is 0 Å². The largest absolute Gasteiger partial charge is 0.501 e. The number of nitrogens with zero attached hydrogens (tertiary/aromatic N) is 1. The Kier molecular flexibility index (Phi) is 11.1. The Morgan fingerprint density at radius 3 is 2.32 bits per heavy atom. The summed E-state index contributed by atoms with van der Waals surface area (Å²) in [7, 11) is -2.60. The van der Waals surface area contributed by atoms with Gasteiger partial charge in [-0.2, -0.15) is 5.26 Å². The highest BCUT2D eigenvalue weighted by Crippen LogP contribution is 2.21. The average Bonchev–Trinajstić information content (AvgIpc) is 2.37. The number of unbranched alkanes of at least 4 members (excludes halogenated alkanes) is 1. The Hall–Kier alpha value is -0.453. The first-order valence-electron chi connectivity index (χ1n) is 7.16. The highest BCUT2D eigenvalue weighted by atomic mass is 28.4. The fourth-order valence-corrected chi connectivity index (χ4v) is 4.78. The van der Waals surface area contributed by atoms with Crippen molar-refractivity contribution in [2.75, 3.05) is 19.8 Å². The van der Waals surface area contributed by atoms with Crippen molar-refractivity contribution in [3.05, 3.63) is 0 Å². The van der Waals surface area contributed by atoms with Crippen LogP contribution in [0.5, 0.6) is 0 Å². The molecule has 0 aromatic rings. The molecule has 0 heterocycles. The molecule has 0 amide bonds. The highest BCUT2D eigenvalue weighted by Gasteiger charge is 2.41. The Bertz CT molecular complexity index is 253. The van der Waals surface area contributed by atoms with Crippen molar-refractivity contribution in [2.24, 2.45) is 5.73 Å². The zero-order valence-electron chi connectivity index (χ0n) is 12.5. The van der Waals surface area contributed by atoms with E-state index < -0.39 is 8.80 Å². The van der Waals surface area contributed by atoms with Crippen LogP contribution in [0, 0.1) is 11.3 Å². The molecule has 0 aliphatic rings. The van der Waals surface area contributed by atoms with Crippen molar-refractivity contribution in [3.63, 3.8) is 0 Å². The molecule has 6 heteroatoms. The minimum atomic E-state index is -2.60. The molecule has 5 nitrogen and oxygen atoms in total. The topological polar surface area (TPSA) is 77.5 Å². The summed E-state index contributed by atoms with van der Waals surface area (Å²) in [6.45, 7) is 7.70. The van der Waals surface area contributed by atoms with Gasteiger partial charge in [0.2, 0.25) is 0 Å². The summed E-state index contributed by atoms with van der Waals surface area (Å²) in [5.74, 6) is 0. The van der Waals surface area contributed by atoms with E-state index in [1.54, 1.807) is 0 Å². The van der Waals surface area contributed by atoms with Gasteiger partial charge in [-0.15, -0.1) is 0 Å². The second-order valence-corrected chi connectivity index (χ2v) is 7.10. The van der Waals surface area contributed by atoms with Crippen LogP contribution >= 0.6 is 0 Å². The third-order valence-electron chi connectivity index (χ3n) is 2.70. The summed E-state index contributed by atoms with van der Waals surface area (Å²) < 4.78 is 17.7. The van der Waals surface area contributed by atoms with E-state index in [9.17, 15) is 0 Å². The van der Waals surface area contributed by atoms with Gasteiger partial charge in [-0.3, -0.25) is 0 Å². The molecule has 0 aliphatic carbocycles. The number of hydrogen-bond donors (Lipinski definition) is 1. The third kappa shape index (κ3) is 8.34. The number of nitrogens with two attached hydrogens (primary N) is 1. The van der Waals surface area contributed by atoms with Crippen LogP contribution in [0.2, 0.25) is 6.04 Å². The summed E-state index contributed by atoms with van der Waals surface area (Å²) >= 11 is 0. The summed E-state index contributed by atoms with van der Waals surface area (Å²) in [5.41, 5.74) is 5.58. The molecule has 0 saturated carbocycles. The predicted octanol–water partition coefficient (Wildman–Crippen LogP) is 2.45. The normalized spacial score (nSPS) is 13.2. The van der Waals surface area contributed by atoms with E-state index in [0.29, 0.717) is 26.2 Å². The van der Waals surface area contributed by atoms with E-state index in [1.807, 2.05) is 20.8 Å². The summed E-state index contributed by atoms with van der Waals surface area (Å²) in [5, 5.41) is 8.55. The molecule has 1 atom stereocenters. The third-order valence-corrected chi connectivity index (χ3v) is 5.88. The summed E-state index contributed by atoms with van der Waals surface area (Å²) in [4.78, 5) is 0. The average molecular weight is 288 g/mol. The van der Waals surface area contributed by atoms with Crippen molar-refractivity contribution in [2.45, 2.75) is 58.6 Å². The van der Waals surface area contributed by atoms with Crippen molar-refractivity contribution >= 4 is 8.80 Å². The second-order valence-electron chi connectivity index (χ2n) is 4.42. The lowest BCUT2D eigenvalue weighted by molar-refractivity contribution is 0.0348. The molecule has 0 saturated heterocycles. The van der Waals surface area contributed by atoms with Gasteiger partial charge >= 0.3 is 8.80 Å². The van der Waals surface area contributed by atoms with E-state index in [-0.39, 0.29) is 6.10 Å². The molecule has 0 fully saturated rings. The first-order valence-corrected chi connectivity index (χ1v) is 9.10. The maximum atomic E-state index is 8.55. The molecule has 1 unspecified atom stereocenters. The van der Waals surface area contributed by atoms with Gasteiger partial charge in [-0.05, 0) is 46.6 Å². The van der Waals surface area contributed by atoms with Gasteiger partial charge in [-0.1, -0.05) is 0 Å². The van der Waals surface area contributed by atoms with Gasteiger partial charge < -0.3 is 19.0 Å². The summed E-state index contributed by atoms with van der Waals surface area (Å²) in [6.07, 6.45) is 3.16. The van der Waals surface area contributed by atoms with Crippen LogP contribution in [0.3, 0.4) is 0 Å². The van der Waals surface area contributed by atoms with E-state index in [4.69, 9.17) is 24.3 Å². The zero-order valence-corrected chi connectivity index (χ0v) is 13.5. The smallest absolute Gasteiger partial charge is 0.374 e. The maximum absolute atomic E-state index is 8.55. The van der Waals surface area contributed by atoms with Gasteiger partial charge in [0.15, 0.2) is 0 Å². The first kappa shape index (κ1) is 18.5. The van der Waals surface area contributed by atoms with Gasteiger partial charge in [0, 0.05) is 31.8 Å². The van der Waals surface area contributed by atoms with Gasteiger partial charge in [0.25, 0.3) is 0 Å². The minimum Gasteiger partial charge on any atom is -0.374 e. The Morgan fingerprint density at radius 2 is 1.84 bits per heavy atom. The molecule has 0 aromatic heterocycles. The molecular formula is C13H28N2O3Si. The number of rotatable bonds is 12. The van der Waals surface area contributed by atoms with E-state index in [1.165, 1.54) is 0 Å². The van der Waals surface area contributed by atoms with Gasteiger partial charge in [-0.25, -0.2) is 0 Å². The van der Waals surface area contributed by atoms with Gasteiger partial charge in [0.1, 0.15) is 0 Å². The Morgan fingerprint density at radius 1 is 1.21 bits per heavy atom. The first-order chi connectivity index (χ1) is 9.14. The highest BCUT2D eigenvalue weighted by molar-refractivity contribution is 6.60. The van der Waals surface area contributed by atoms with E-state index >= 15 is 0 Å². The van der Waals surface area contributed by atoms with Crippen molar-refractivity contribution in [3.8, 4) is 6.07 Å². The van der Waals surface area contributed by atoms with Crippen LogP contribution in [0.15, 0.2) is 0 Å². The SMILES string of the molecule is CCO[Si](CCCN)(OCC)OC(C)CCCC#N. The second kappa shape index (κ2) is 11.4. The van der Waals surface area contributed by atoms with Crippen molar-refractivity contribution in [1.29, 1.82) is 5.26 Å². The fraction of sp³-hybridized carbons (Fsp3) is 0.923. The van der Waals surface area contributed by atoms with E-state index in [0.717, 1.165) is 25.3 Å². The van der Waals surface area contributed by atoms with Crippen LogP contribution in [-0.4, -0.2) is 34.7 Å². The molecule has 2 N–H and O–H groups in total. The van der Waals surface area contributed by atoms with Crippen molar-refractivity contribution < 1.29 is 13.3 Å². The molecule has 0 aromatic carbocycles. The lowest BCUT2D eigenvalue weighted by Crippen LogP contribution is -2.48. The number of hydrogen-bond acceptors (Lipinski definition) is 5. The lowest BCUT2D eigenvalue weighted by Gasteiger charge is -2.31. The molecule has 0 aliphatic heterocycles. The van der Waals surface area contributed by atoms with E-state index in [2.05, 4.69) is 6.07 Å². The van der Waals surface area contributed by atoms with Crippen LogP contribution in [-0.2, 0) is 13.3 Å². The maximum Gasteiger partial charge on any atom is 0.501 e. The molecule has 0 rings (SSSR count). The monoisotopic (exact) mass is 288 g/mol. The Balaban J connectivity index is 4.47. The molecular weight excluding hydrogens is 260 g/mol. The van der Waals surface area contributed by atoms with Crippen LogP contribution in [0.25, 0.3) is 0 Å². The quantitative estimate of drug-likeness (QED) is 0.441. The molecule has 112 valence electrons. The molecule has 19 heavy (non-hydrogen) atoms. The summed E-state index contributed by atoms with van der Waals surface area (Å²) in [6, 6.07) is 2.90. The molecule has 0 bridgehead atoms. The standard InChI is InChI=1S/C13H28N2O3Si/c1-4-16-19(17-5-2,12-8-11-15)18-13(3)9-6-7-10-14/h13H,4-9,11-12,15H2,1-3H3. The lowest BCUT2D eigenvalue weighted by atomic mass is 10.2. The predicted molar refractivity (Wildman–Crippen MR) is 77.5 cm³/mol.